The van der Waals surface area contributed by atoms with Gasteiger partial charge in [-0.15, -0.1) is 0 Å². The predicted octanol–water partition coefficient (Wildman–Crippen LogP) is 3.21. The van der Waals surface area contributed by atoms with Gasteiger partial charge in [-0.2, -0.15) is 0 Å². The van der Waals surface area contributed by atoms with E-state index < -0.39 is 0 Å². The maximum absolute atomic E-state index is 13.0. The van der Waals surface area contributed by atoms with Crippen molar-refractivity contribution in [2.24, 2.45) is 5.16 Å². The number of hydrogen-bond donors (Lipinski definition) is 0. The summed E-state index contributed by atoms with van der Waals surface area (Å²) in [6.45, 7) is 9.91. The lowest BCUT2D eigenvalue weighted by molar-refractivity contribution is -0.125. The molecule has 0 bridgehead atoms. The average Bonchev–Trinajstić information content (AvgIpc) is 3.38. The summed E-state index contributed by atoms with van der Waals surface area (Å²) in [4.78, 5) is 29.6. The summed E-state index contributed by atoms with van der Waals surface area (Å²) in [5, 5.41) is 4.18. The Hall–Kier alpha value is -3.33. The lowest BCUT2D eigenvalue weighted by Gasteiger charge is -2.37. The van der Waals surface area contributed by atoms with Crippen molar-refractivity contribution < 1.29 is 19.1 Å². The Labute approximate surface area is 219 Å². The first-order chi connectivity index (χ1) is 18.0. The second-order valence-corrected chi connectivity index (χ2v) is 10.2. The molecule has 0 aliphatic carbocycles. The lowest BCUT2D eigenvalue weighted by atomic mass is 10.1. The molecular weight excluding hydrogens is 470 g/mol. The number of para-hydroxylation sites is 2. The molecule has 1 aromatic carbocycles. The first-order valence-electron chi connectivity index (χ1n) is 13.4. The summed E-state index contributed by atoms with van der Waals surface area (Å²) in [6.07, 6.45) is 4.01. The fraction of sp³-hybridized carbons (Fsp3) is 0.536. The van der Waals surface area contributed by atoms with Crippen LogP contribution in [0.4, 0.5) is 5.69 Å². The minimum absolute atomic E-state index is 0.00892. The third-order valence-electron chi connectivity index (χ3n) is 7.04. The molecular formula is C28H37N5O4. The zero-order chi connectivity index (χ0) is 25.6. The summed E-state index contributed by atoms with van der Waals surface area (Å²) < 4.78 is 12.0. The minimum Gasteiger partial charge on any atom is -0.489 e. The van der Waals surface area contributed by atoms with Gasteiger partial charge in [0, 0.05) is 77.3 Å². The van der Waals surface area contributed by atoms with Crippen LogP contribution in [-0.2, 0) is 9.63 Å². The molecule has 1 unspecified atom stereocenters. The SMILES string of the molecule is CC(C)Oc1ccccc1N1CCN(CC2CC(C(=O)N3CCC(Oc4ccccn4)CC3)=NO2)CC1. The van der Waals surface area contributed by atoms with Crippen LogP contribution in [0.15, 0.2) is 53.8 Å². The van der Waals surface area contributed by atoms with E-state index >= 15 is 0 Å². The molecule has 5 rings (SSSR count). The van der Waals surface area contributed by atoms with Gasteiger partial charge in [0.15, 0.2) is 0 Å². The van der Waals surface area contributed by atoms with Gasteiger partial charge in [0.05, 0.1) is 11.8 Å². The second-order valence-electron chi connectivity index (χ2n) is 10.2. The molecule has 4 heterocycles. The number of likely N-dealkylation sites (tertiary alicyclic amines) is 1. The van der Waals surface area contributed by atoms with Crippen molar-refractivity contribution in [2.45, 2.75) is 51.4 Å². The van der Waals surface area contributed by atoms with E-state index in [1.807, 2.05) is 35.2 Å². The smallest absolute Gasteiger partial charge is 0.271 e. The van der Waals surface area contributed by atoms with Crippen molar-refractivity contribution in [2.75, 3.05) is 50.7 Å². The molecule has 3 aliphatic heterocycles. The molecule has 1 atom stereocenters. The molecule has 2 saturated heterocycles. The third-order valence-corrected chi connectivity index (χ3v) is 7.04. The monoisotopic (exact) mass is 507 g/mol. The molecule has 2 aromatic rings. The zero-order valence-electron chi connectivity index (χ0n) is 21.8. The largest absolute Gasteiger partial charge is 0.489 e. The molecule has 2 fully saturated rings. The Kier molecular flexibility index (Phi) is 8.08. The van der Waals surface area contributed by atoms with Gasteiger partial charge >= 0.3 is 0 Å². The van der Waals surface area contributed by atoms with E-state index in [1.165, 1.54) is 0 Å². The molecule has 0 N–H and O–H groups in total. The number of oxime groups is 1. The van der Waals surface area contributed by atoms with Gasteiger partial charge in [0.2, 0.25) is 5.88 Å². The Morgan fingerprint density at radius 3 is 2.51 bits per heavy atom. The van der Waals surface area contributed by atoms with E-state index in [0.29, 0.717) is 31.1 Å². The number of anilines is 1. The van der Waals surface area contributed by atoms with Gasteiger partial charge in [-0.25, -0.2) is 4.98 Å². The standard InChI is InChI=1S/C28H37N5O4/c1-21(2)35-26-8-4-3-7-25(26)32-17-15-31(16-18-32)20-23-19-24(30-37-23)28(34)33-13-10-22(11-14-33)36-27-9-5-6-12-29-27/h3-9,12,21-23H,10-11,13-20H2,1-2H3. The number of pyridine rings is 1. The van der Waals surface area contributed by atoms with Crippen LogP contribution < -0.4 is 14.4 Å². The van der Waals surface area contributed by atoms with Gasteiger partial charge in [0.1, 0.15) is 23.7 Å². The molecule has 0 spiro atoms. The highest BCUT2D eigenvalue weighted by molar-refractivity contribution is 6.39. The summed E-state index contributed by atoms with van der Waals surface area (Å²) in [5.41, 5.74) is 1.69. The molecule has 0 radical (unpaired) electrons. The van der Waals surface area contributed by atoms with Crippen LogP contribution in [0.25, 0.3) is 0 Å². The quantitative estimate of drug-likeness (QED) is 0.543. The molecule has 37 heavy (non-hydrogen) atoms. The van der Waals surface area contributed by atoms with E-state index in [4.69, 9.17) is 14.3 Å². The van der Waals surface area contributed by atoms with Crippen molar-refractivity contribution >= 4 is 17.3 Å². The number of hydrogen-bond acceptors (Lipinski definition) is 8. The number of piperidine rings is 1. The number of piperazine rings is 1. The highest BCUT2D eigenvalue weighted by Gasteiger charge is 2.33. The van der Waals surface area contributed by atoms with Crippen LogP contribution in [0.5, 0.6) is 11.6 Å². The van der Waals surface area contributed by atoms with Crippen LogP contribution in [0.3, 0.4) is 0 Å². The molecule has 9 heteroatoms. The van der Waals surface area contributed by atoms with Gasteiger partial charge < -0.3 is 24.1 Å². The first-order valence-corrected chi connectivity index (χ1v) is 13.4. The molecule has 198 valence electrons. The van der Waals surface area contributed by atoms with Crippen molar-refractivity contribution in [3.8, 4) is 11.6 Å². The van der Waals surface area contributed by atoms with Gasteiger partial charge in [-0.05, 0) is 32.0 Å². The number of amides is 1. The van der Waals surface area contributed by atoms with Crippen molar-refractivity contribution in [3.05, 3.63) is 48.7 Å². The van der Waals surface area contributed by atoms with Crippen molar-refractivity contribution in [1.82, 2.24) is 14.8 Å². The highest BCUT2D eigenvalue weighted by Crippen LogP contribution is 2.30. The molecule has 3 aliphatic rings. The van der Waals surface area contributed by atoms with Gasteiger partial charge in [-0.1, -0.05) is 23.4 Å². The van der Waals surface area contributed by atoms with Crippen molar-refractivity contribution in [3.63, 3.8) is 0 Å². The van der Waals surface area contributed by atoms with Crippen molar-refractivity contribution in [1.29, 1.82) is 0 Å². The van der Waals surface area contributed by atoms with E-state index in [2.05, 4.69) is 45.9 Å². The lowest BCUT2D eigenvalue weighted by Crippen LogP contribution is -2.49. The van der Waals surface area contributed by atoms with Gasteiger partial charge in [0.25, 0.3) is 5.91 Å². The summed E-state index contributed by atoms with van der Waals surface area (Å²) in [5.74, 6) is 1.57. The van der Waals surface area contributed by atoms with E-state index in [1.54, 1.807) is 6.20 Å². The van der Waals surface area contributed by atoms with Gasteiger partial charge in [-0.3, -0.25) is 9.69 Å². The predicted molar refractivity (Wildman–Crippen MR) is 142 cm³/mol. The minimum atomic E-state index is -0.0768. The number of nitrogens with zero attached hydrogens (tertiary/aromatic N) is 5. The Morgan fingerprint density at radius 1 is 1.03 bits per heavy atom. The Balaban J connectivity index is 1.04. The Morgan fingerprint density at radius 2 is 1.78 bits per heavy atom. The van der Waals surface area contributed by atoms with Crippen LogP contribution in [0.1, 0.15) is 33.1 Å². The molecule has 1 aromatic heterocycles. The fourth-order valence-electron chi connectivity index (χ4n) is 5.13. The number of rotatable bonds is 8. The Bertz CT molecular complexity index is 1060. The number of carbonyl (C=O) groups is 1. The van der Waals surface area contributed by atoms with E-state index in [-0.39, 0.29) is 24.2 Å². The number of benzene rings is 1. The van der Waals surface area contributed by atoms with Crippen LogP contribution in [0.2, 0.25) is 0 Å². The first kappa shape index (κ1) is 25.3. The zero-order valence-corrected chi connectivity index (χ0v) is 21.8. The van der Waals surface area contributed by atoms with Crippen LogP contribution in [-0.4, -0.2) is 90.5 Å². The average molecular weight is 508 g/mol. The summed E-state index contributed by atoms with van der Waals surface area (Å²) in [7, 11) is 0. The van der Waals surface area contributed by atoms with Crippen LogP contribution in [0, 0.1) is 0 Å². The second kappa shape index (κ2) is 11.8. The summed E-state index contributed by atoms with van der Waals surface area (Å²) >= 11 is 0. The highest BCUT2D eigenvalue weighted by atomic mass is 16.6. The molecule has 0 saturated carbocycles. The maximum Gasteiger partial charge on any atom is 0.271 e. The van der Waals surface area contributed by atoms with Crippen LogP contribution >= 0.6 is 0 Å². The number of ether oxygens (including phenoxy) is 2. The normalized spacial score (nSPS) is 21.1. The van der Waals surface area contributed by atoms with E-state index in [9.17, 15) is 4.79 Å². The topological polar surface area (TPSA) is 79.7 Å². The third kappa shape index (κ3) is 6.52. The summed E-state index contributed by atoms with van der Waals surface area (Å²) in [6, 6.07) is 13.9. The number of aromatic nitrogens is 1. The molecule has 1 amide bonds. The van der Waals surface area contributed by atoms with E-state index in [0.717, 1.165) is 57.0 Å². The molecule has 9 nitrogen and oxygen atoms in total. The number of carbonyl (C=O) groups excluding carboxylic acids is 1. The maximum atomic E-state index is 13.0. The fourth-order valence-corrected chi connectivity index (χ4v) is 5.13.